The van der Waals surface area contributed by atoms with Crippen molar-refractivity contribution in [3.8, 4) is 0 Å². The second-order valence-corrected chi connectivity index (χ2v) is 29.0. The van der Waals surface area contributed by atoms with Gasteiger partial charge in [-0.1, -0.05) is 24.3 Å². The average Bonchev–Trinajstić information content (AvgIpc) is 1.59. The van der Waals surface area contributed by atoms with Gasteiger partial charge in [-0.2, -0.15) is 0 Å². The van der Waals surface area contributed by atoms with Gasteiger partial charge in [-0.05, 0) is 240 Å². The molecule has 5 aromatic carbocycles. The summed E-state index contributed by atoms with van der Waals surface area (Å²) < 4.78 is 76.2. The first kappa shape index (κ1) is 70.9. The molecule has 0 spiro atoms. The van der Waals surface area contributed by atoms with Gasteiger partial charge in [0.1, 0.15) is 54.3 Å². The molecule has 4 fully saturated rings. The van der Waals surface area contributed by atoms with Crippen molar-refractivity contribution in [1.29, 1.82) is 0 Å². The van der Waals surface area contributed by atoms with Crippen LogP contribution >= 0.6 is 12.4 Å². The standard InChI is InChI=1S/C26H25FN4O3.C26H24FN3O3.C25H26F2N2O3S.ClH/c1-15-24(20-13-18(27)7-11-22(20)31(15)14-23(32)33)16-4-8-19(9-5-16)29-26(34)21-10-6-17-3-2-12-28-25(17)30-21;1-16-25(20-14-19(27)7-9-23(20)30(16)15-24(31)32)18-10-12-29(13-11-18)26(33)22-8-6-17-4-2-3-5-21(17)28-22;1-15-25(22-11-20(27)5-8-23(22)29(15)14-24(30)31)16-9-17-12-28(13-18(17)10-16)33(2,32)21-6-3-19(26)4-7-21;/h2-3,6-7,10-13,16,19H,4-5,8-9,14H2,1H3,(H,29,34)(H,32,33);2-9,14,18H,10-13,15H2,1H3,(H,31,32);3-8,11,16-18H,2,9-10,12-14H2,1H3,(H,30,31);1H. The van der Waals surface area contributed by atoms with E-state index in [0.717, 1.165) is 134 Å². The molecule has 2 aliphatic heterocycles. The number of likely N-dealkylation sites (tertiary alicyclic amines) is 1. The van der Waals surface area contributed by atoms with Crippen molar-refractivity contribution in [1.82, 2.24) is 43.2 Å². The van der Waals surface area contributed by atoms with E-state index in [0.29, 0.717) is 59.9 Å². The lowest BCUT2D eigenvalue weighted by molar-refractivity contribution is -0.138. The zero-order chi connectivity index (χ0) is 70.4. The molecule has 2 amide bonds. The number of pyridine rings is 3. The van der Waals surface area contributed by atoms with Gasteiger partial charge in [-0.3, -0.25) is 24.0 Å². The van der Waals surface area contributed by atoms with Crippen LogP contribution in [0.25, 0.3) is 54.6 Å². The Morgan fingerprint density at radius 2 is 0.990 bits per heavy atom. The number of aromatic nitrogens is 6. The number of halogens is 5. The van der Waals surface area contributed by atoms with Crippen molar-refractivity contribution in [2.45, 2.75) is 120 Å². The van der Waals surface area contributed by atoms with Crippen molar-refractivity contribution < 1.29 is 61.1 Å². The quantitative estimate of drug-likeness (QED) is 0.0588. The zero-order valence-corrected chi connectivity index (χ0v) is 57.5. The highest BCUT2D eigenvalue weighted by atomic mass is 35.5. The van der Waals surface area contributed by atoms with E-state index >= 15 is 0 Å². The number of fused-ring (bicyclic) bond motifs is 6. The van der Waals surface area contributed by atoms with E-state index in [1.54, 1.807) is 50.2 Å². The lowest BCUT2D eigenvalue weighted by Crippen LogP contribution is -2.38. The molecule has 6 aromatic heterocycles. The highest BCUT2D eigenvalue weighted by Gasteiger charge is 2.45. The summed E-state index contributed by atoms with van der Waals surface area (Å²) >= 11 is 0. The Hall–Kier alpha value is -9.97. The van der Waals surface area contributed by atoms with Gasteiger partial charge in [0.2, 0.25) is 0 Å². The van der Waals surface area contributed by atoms with Gasteiger partial charge in [-0.15, -0.1) is 12.4 Å². The largest absolute Gasteiger partial charge is 0.480 e. The zero-order valence-electron chi connectivity index (χ0n) is 55.8. The SMILES string of the molecule is C=S(=O)(c1ccc(F)cc1)N1CC2CC(c3c(C)n(CC(=O)O)c4ccc(F)cc34)CC2C1.Cc1c(C2CCC(NC(=O)c3ccc4cccnc4n3)CC2)c2cc(F)ccc2n1CC(=O)O.Cc1c(C2CCN(C(=O)c3ccc4ccccc4n3)CC2)c2cc(F)ccc2n1CC(=O)O.Cl. The van der Waals surface area contributed by atoms with E-state index in [4.69, 9.17) is 0 Å². The van der Waals surface area contributed by atoms with Crippen LogP contribution in [-0.2, 0) is 43.7 Å². The molecule has 24 heteroatoms. The molecular formula is C77H76ClF4N9O9S. The Bertz CT molecular complexity index is 5150. The number of nitrogens with one attached hydrogen (secondary N) is 1. The fourth-order valence-electron chi connectivity index (χ4n) is 16.1. The van der Waals surface area contributed by atoms with Crippen molar-refractivity contribution in [2.24, 2.45) is 11.8 Å². The number of amides is 2. The third-order valence-electron chi connectivity index (χ3n) is 20.8. The summed E-state index contributed by atoms with van der Waals surface area (Å²) in [6.45, 7) is 7.64. The number of hydrogen-bond donors (Lipinski definition) is 4. The highest BCUT2D eigenvalue weighted by molar-refractivity contribution is 7.98. The second-order valence-electron chi connectivity index (χ2n) is 26.8. The normalized spacial score (nSPS) is 19.1. The number of benzene rings is 5. The van der Waals surface area contributed by atoms with E-state index in [-0.39, 0.29) is 90.9 Å². The molecule has 4 N–H and O–H groups in total. The van der Waals surface area contributed by atoms with E-state index in [2.05, 4.69) is 26.1 Å². The van der Waals surface area contributed by atoms with Gasteiger partial charge in [0.25, 0.3) is 11.8 Å². The molecule has 2 saturated heterocycles. The molecule has 3 unspecified atom stereocenters. The minimum Gasteiger partial charge on any atom is -0.480 e. The highest BCUT2D eigenvalue weighted by Crippen LogP contribution is 2.50. The predicted molar refractivity (Wildman–Crippen MR) is 382 cm³/mol. The van der Waals surface area contributed by atoms with E-state index < -0.39 is 27.6 Å². The lowest BCUT2D eigenvalue weighted by Gasteiger charge is -2.32. The molecule has 0 bridgehead atoms. The van der Waals surface area contributed by atoms with Crippen LogP contribution in [0.5, 0.6) is 0 Å². The smallest absolute Gasteiger partial charge is 0.323 e. The predicted octanol–water partition coefficient (Wildman–Crippen LogP) is 14.2. The fourth-order valence-corrected chi connectivity index (χ4v) is 17.8. The van der Waals surface area contributed by atoms with E-state index in [9.17, 15) is 61.1 Å². The maximum atomic E-state index is 14.1. The number of carbonyl (C=O) groups is 5. The van der Waals surface area contributed by atoms with Gasteiger partial charge < -0.3 is 39.2 Å². The van der Waals surface area contributed by atoms with Gasteiger partial charge in [0.05, 0.1) is 15.2 Å². The van der Waals surface area contributed by atoms with Crippen LogP contribution in [-0.4, -0.2) is 125 Å². The number of piperidine rings is 1. The maximum Gasteiger partial charge on any atom is 0.323 e. The second kappa shape index (κ2) is 29.3. The van der Waals surface area contributed by atoms with Crippen molar-refractivity contribution >= 4 is 112 Å². The lowest BCUT2D eigenvalue weighted by atomic mass is 9.80. The third-order valence-corrected chi connectivity index (χ3v) is 22.9. The first-order valence-electron chi connectivity index (χ1n) is 33.5. The minimum absolute atomic E-state index is 0. The Morgan fingerprint density at radius 3 is 1.50 bits per heavy atom. The monoisotopic (exact) mass is 1410 g/mol. The van der Waals surface area contributed by atoms with E-state index in [1.165, 1.54) is 60.7 Å². The van der Waals surface area contributed by atoms with Crippen LogP contribution in [0.15, 0.2) is 151 Å². The first-order valence-corrected chi connectivity index (χ1v) is 35.2. The Labute approximate surface area is 586 Å². The minimum atomic E-state index is -2.69. The van der Waals surface area contributed by atoms with E-state index in [1.807, 2.05) is 78.5 Å². The number of carboxylic acids is 3. The molecule has 524 valence electrons. The van der Waals surface area contributed by atoms with Crippen LogP contribution in [0.4, 0.5) is 17.6 Å². The summed E-state index contributed by atoms with van der Waals surface area (Å²) in [7, 11) is -2.69. The number of rotatable bonds is 14. The summed E-state index contributed by atoms with van der Waals surface area (Å²) in [4.78, 5) is 75.6. The molecule has 3 atom stereocenters. The summed E-state index contributed by atoms with van der Waals surface area (Å²) in [5, 5.41) is 35.4. The van der Waals surface area contributed by atoms with Gasteiger partial charge in [-0.25, -0.2) is 41.0 Å². The summed E-state index contributed by atoms with van der Waals surface area (Å²) in [5.74, 6) is 0.629. The number of aliphatic carboxylic acids is 3. The summed E-state index contributed by atoms with van der Waals surface area (Å²) in [5.41, 5.74) is 9.93. The number of nitrogens with zero attached hydrogens (tertiary/aromatic N) is 8. The topological polar surface area (TPSA) is 235 Å². The molecule has 18 nitrogen and oxygen atoms in total. The molecule has 8 heterocycles. The Kier molecular flexibility index (Phi) is 20.6. The maximum absolute atomic E-state index is 14.1. The van der Waals surface area contributed by atoms with Crippen LogP contribution in [0.2, 0.25) is 0 Å². The van der Waals surface area contributed by atoms with Crippen LogP contribution in [0.3, 0.4) is 0 Å². The number of para-hydroxylation sites is 1. The van der Waals surface area contributed by atoms with Crippen LogP contribution < -0.4 is 5.32 Å². The molecule has 101 heavy (non-hydrogen) atoms. The Morgan fingerprint density at radius 1 is 0.535 bits per heavy atom. The summed E-state index contributed by atoms with van der Waals surface area (Å²) in [6, 6.07) is 37.9. The van der Waals surface area contributed by atoms with Crippen LogP contribution in [0.1, 0.15) is 124 Å². The number of carbonyl (C=O) groups excluding carboxylic acids is 2. The van der Waals surface area contributed by atoms with Crippen molar-refractivity contribution in [2.75, 3.05) is 26.2 Å². The van der Waals surface area contributed by atoms with Crippen LogP contribution in [0, 0.1) is 55.9 Å². The molecule has 11 aromatic rings. The molecule has 15 rings (SSSR count). The average molecular weight is 1420 g/mol. The molecule has 4 aliphatic rings. The van der Waals surface area contributed by atoms with Crippen molar-refractivity contribution in [3.63, 3.8) is 0 Å². The number of carboxylic acid groups (broad SMARTS) is 3. The molecule has 2 aliphatic carbocycles. The number of hydrogen-bond acceptors (Lipinski definition) is 9. The fraction of sp³-hybridized carbons (Fsp3) is 0.312. The Balaban J connectivity index is 0.000000143. The van der Waals surface area contributed by atoms with Gasteiger partial charge in [0, 0.05) is 104 Å². The molecule has 2 saturated carbocycles. The third kappa shape index (κ3) is 14.5. The van der Waals surface area contributed by atoms with Gasteiger partial charge >= 0.3 is 17.9 Å². The molecule has 0 radical (unpaired) electrons. The summed E-state index contributed by atoms with van der Waals surface area (Å²) in [6.07, 6.45) is 8.03. The first-order chi connectivity index (χ1) is 48.0. The molecular weight excluding hydrogens is 1340 g/mol. The van der Waals surface area contributed by atoms with Gasteiger partial charge in [0.15, 0.2) is 5.65 Å². The van der Waals surface area contributed by atoms with Crippen molar-refractivity contribution in [3.05, 3.63) is 214 Å².